The van der Waals surface area contributed by atoms with Gasteiger partial charge in [-0.1, -0.05) is 36.4 Å². The summed E-state index contributed by atoms with van der Waals surface area (Å²) in [6.45, 7) is 14.9. The molecule has 0 aromatic heterocycles. The number of ether oxygens (including phenoxy) is 4. The highest BCUT2D eigenvalue weighted by Crippen LogP contribution is 2.51. The van der Waals surface area contributed by atoms with Crippen molar-refractivity contribution in [3.05, 3.63) is 59.7 Å². The van der Waals surface area contributed by atoms with Gasteiger partial charge in [-0.15, -0.1) is 0 Å². The topological polar surface area (TPSA) is 124 Å². The molecule has 0 spiro atoms. The average Bonchev–Trinajstić information content (AvgIpc) is 3.07. The predicted octanol–water partition coefficient (Wildman–Crippen LogP) is 5.90. The maximum Gasteiger partial charge on any atom is 0.431 e. The van der Waals surface area contributed by atoms with Gasteiger partial charge in [0.05, 0.1) is 12.8 Å². The summed E-state index contributed by atoms with van der Waals surface area (Å²) in [4.78, 5) is 56.4. The van der Waals surface area contributed by atoms with E-state index >= 15 is 0 Å². The molecule has 0 radical (unpaired) electrons. The quantitative estimate of drug-likeness (QED) is 0.358. The number of anilines is 1. The van der Waals surface area contributed by atoms with Gasteiger partial charge in [-0.2, -0.15) is 5.01 Å². The molecule has 0 bridgehead atoms. The summed E-state index contributed by atoms with van der Waals surface area (Å²) < 4.78 is 22.4. The van der Waals surface area contributed by atoms with Crippen molar-refractivity contribution < 1.29 is 38.1 Å². The molecule has 41 heavy (non-hydrogen) atoms. The molecule has 1 N–H and O–H groups in total. The number of benzene rings is 2. The maximum absolute atomic E-state index is 14.8. The van der Waals surface area contributed by atoms with Crippen molar-refractivity contribution in [3.8, 4) is 5.75 Å². The minimum Gasteiger partial charge on any atom is -0.496 e. The Kier molecular flexibility index (Phi) is 8.34. The van der Waals surface area contributed by atoms with E-state index in [9.17, 15) is 19.2 Å². The third-order valence-corrected chi connectivity index (χ3v) is 5.63. The van der Waals surface area contributed by atoms with E-state index in [0.29, 0.717) is 0 Å². The van der Waals surface area contributed by atoms with Gasteiger partial charge in [0.1, 0.15) is 22.6 Å². The van der Waals surface area contributed by atoms with Crippen molar-refractivity contribution in [3.63, 3.8) is 0 Å². The van der Waals surface area contributed by atoms with Crippen LogP contribution in [-0.2, 0) is 24.5 Å². The largest absolute Gasteiger partial charge is 0.496 e. The lowest BCUT2D eigenvalue weighted by molar-refractivity contribution is -0.129. The number of rotatable bonds is 3. The van der Waals surface area contributed by atoms with Crippen molar-refractivity contribution >= 4 is 29.9 Å². The molecule has 4 amide bonds. The molecule has 3 rings (SSSR count). The Morgan fingerprint density at radius 3 is 1.80 bits per heavy atom. The number of nitrogens with one attached hydrogen (secondary N) is 1. The first kappa shape index (κ1) is 31.3. The second-order valence-corrected chi connectivity index (χ2v) is 12.5. The number of hydrogen-bond acceptors (Lipinski definition) is 8. The number of para-hydroxylation sites is 2. The van der Waals surface area contributed by atoms with Crippen molar-refractivity contribution in [2.24, 2.45) is 0 Å². The van der Waals surface area contributed by atoms with Crippen LogP contribution >= 0.6 is 0 Å². The molecular weight excluding hydrogens is 530 g/mol. The van der Waals surface area contributed by atoms with Gasteiger partial charge in [0.2, 0.25) is 5.54 Å². The lowest BCUT2D eigenvalue weighted by atomic mass is 9.82. The standard InChI is InChI=1S/C30H39N3O8/c1-27(2,3)39-24(35)31-33(26(37)41-29(7,8)9)30(20-16-12-14-18-22(20)38-10)19-15-11-13-17-21(19)32(23(30)34)25(36)40-28(4,5)6/h11-18H,1-10H3,(H,31,35)/t30-/m0/s1. The SMILES string of the molecule is COc1ccccc1[C@]1(N(NC(=O)OC(C)(C)C)C(=O)OC(C)(C)C)C(=O)N(C(=O)OC(C)(C)C)c2ccccc21. The van der Waals surface area contributed by atoms with Gasteiger partial charge < -0.3 is 18.9 Å². The number of methoxy groups -OCH3 is 1. The van der Waals surface area contributed by atoms with Crippen LogP contribution in [0.2, 0.25) is 0 Å². The summed E-state index contributed by atoms with van der Waals surface area (Å²) >= 11 is 0. The molecule has 0 aliphatic carbocycles. The Bertz CT molecular complexity index is 1340. The molecule has 1 heterocycles. The summed E-state index contributed by atoms with van der Waals surface area (Å²) in [5, 5.41) is 0.760. The highest BCUT2D eigenvalue weighted by molar-refractivity contribution is 6.23. The number of hydrazine groups is 1. The fraction of sp³-hybridized carbons (Fsp3) is 0.467. The molecule has 1 atom stereocenters. The van der Waals surface area contributed by atoms with Crippen molar-refractivity contribution in [2.75, 3.05) is 12.0 Å². The number of hydrogen-bond donors (Lipinski definition) is 1. The summed E-state index contributed by atoms with van der Waals surface area (Å²) in [6.07, 6.45) is -3.07. The Morgan fingerprint density at radius 1 is 0.756 bits per heavy atom. The highest BCUT2D eigenvalue weighted by Gasteiger charge is 2.62. The number of imide groups is 1. The summed E-state index contributed by atoms with van der Waals surface area (Å²) in [5.74, 6) is -0.694. The van der Waals surface area contributed by atoms with E-state index in [4.69, 9.17) is 18.9 Å². The van der Waals surface area contributed by atoms with Gasteiger partial charge in [0, 0.05) is 11.1 Å². The molecule has 2 aromatic carbocycles. The molecule has 0 saturated heterocycles. The van der Waals surface area contributed by atoms with Gasteiger partial charge in [-0.05, 0) is 74.4 Å². The van der Waals surface area contributed by atoms with Gasteiger partial charge in [0.25, 0.3) is 5.91 Å². The number of amides is 4. The number of carbonyl (C=O) groups is 4. The molecule has 222 valence electrons. The number of nitrogens with zero attached hydrogens (tertiary/aromatic N) is 2. The lowest BCUT2D eigenvalue weighted by Gasteiger charge is -2.40. The minimum absolute atomic E-state index is 0.150. The van der Waals surface area contributed by atoms with Crippen LogP contribution in [0.15, 0.2) is 48.5 Å². The third-order valence-electron chi connectivity index (χ3n) is 5.63. The van der Waals surface area contributed by atoms with Crippen molar-refractivity contribution in [1.82, 2.24) is 10.4 Å². The second-order valence-electron chi connectivity index (χ2n) is 12.5. The predicted molar refractivity (Wildman–Crippen MR) is 151 cm³/mol. The maximum atomic E-state index is 14.8. The van der Waals surface area contributed by atoms with E-state index in [2.05, 4.69) is 5.43 Å². The van der Waals surface area contributed by atoms with Gasteiger partial charge in [-0.25, -0.2) is 24.7 Å². The Balaban J connectivity index is 2.41. The first-order valence-electron chi connectivity index (χ1n) is 13.1. The molecule has 1 aliphatic rings. The van der Waals surface area contributed by atoms with Crippen LogP contribution in [-0.4, -0.2) is 53.1 Å². The average molecular weight is 570 g/mol. The number of fused-ring (bicyclic) bond motifs is 1. The zero-order valence-corrected chi connectivity index (χ0v) is 25.3. The zero-order chi connectivity index (χ0) is 31.0. The van der Waals surface area contributed by atoms with E-state index in [1.54, 1.807) is 111 Å². The van der Waals surface area contributed by atoms with E-state index in [1.165, 1.54) is 7.11 Å². The Morgan fingerprint density at radius 2 is 1.27 bits per heavy atom. The first-order chi connectivity index (χ1) is 18.8. The fourth-order valence-corrected chi connectivity index (χ4v) is 4.36. The third kappa shape index (κ3) is 6.55. The molecule has 11 heteroatoms. The Labute approximate surface area is 240 Å². The Hall–Kier alpha value is -4.28. The number of carbonyl (C=O) groups excluding carboxylic acids is 4. The fourth-order valence-electron chi connectivity index (χ4n) is 4.36. The smallest absolute Gasteiger partial charge is 0.431 e. The normalized spacial score (nSPS) is 16.9. The van der Waals surface area contributed by atoms with Gasteiger partial charge in [0.15, 0.2) is 0 Å². The van der Waals surface area contributed by atoms with Crippen LogP contribution in [0.3, 0.4) is 0 Å². The molecule has 0 fully saturated rings. The minimum atomic E-state index is -2.18. The highest BCUT2D eigenvalue weighted by atomic mass is 16.6. The molecule has 11 nitrogen and oxygen atoms in total. The lowest BCUT2D eigenvalue weighted by Crippen LogP contribution is -2.64. The van der Waals surface area contributed by atoms with Crippen LogP contribution in [0.1, 0.15) is 73.4 Å². The molecule has 1 aliphatic heterocycles. The molecule has 2 aromatic rings. The van der Waals surface area contributed by atoms with Crippen molar-refractivity contribution in [1.29, 1.82) is 0 Å². The van der Waals surface area contributed by atoms with Crippen LogP contribution in [0, 0.1) is 0 Å². The molecule has 0 unspecified atom stereocenters. The molecule has 0 saturated carbocycles. The van der Waals surface area contributed by atoms with E-state index in [0.717, 1.165) is 9.91 Å². The molecular formula is C30H39N3O8. The monoisotopic (exact) mass is 569 g/mol. The first-order valence-corrected chi connectivity index (χ1v) is 13.1. The van der Waals surface area contributed by atoms with Crippen LogP contribution in [0.25, 0.3) is 0 Å². The van der Waals surface area contributed by atoms with Crippen LogP contribution in [0.5, 0.6) is 5.75 Å². The zero-order valence-electron chi connectivity index (χ0n) is 25.3. The van der Waals surface area contributed by atoms with E-state index < -0.39 is 46.5 Å². The van der Waals surface area contributed by atoms with Gasteiger partial charge >= 0.3 is 18.3 Å². The van der Waals surface area contributed by atoms with E-state index in [1.807, 2.05) is 0 Å². The summed E-state index contributed by atoms with van der Waals surface area (Å²) in [6, 6.07) is 12.9. The van der Waals surface area contributed by atoms with Crippen LogP contribution < -0.4 is 15.1 Å². The second kappa shape index (κ2) is 10.9. The van der Waals surface area contributed by atoms with Crippen LogP contribution in [0.4, 0.5) is 20.1 Å². The summed E-state index contributed by atoms with van der Waals surface area (Å²) in [5.41, 5.74) is -2.14. The summed E-state index contributed by atoms with van der Waals surface area (Å²) in [7, 11) is 1.41. The van der Waals surface area contributed by atoms with E-state index in [-0.39, 0.29) is 22.6 Å². The van der Waals surface area contributed by atoms with Gasteiger partial charge in [-0.3, -0.25) is 4.79 Å². The van der Waals surface area contributed by atoms with Crippen molar-refractivity contribution in [2.45, 2.75) is 84.7 Å².